The van der Waals surface area contributed by atoms with Crippen molar-refractivity contribution in [3.63, 3.8) is 0 Å². The number of hydrogen-bond acceptors (Lipinski definition) is 2. The molecule has 2 rings (SSSR count). The zero-order chi connectivity index (χ0) is 14.4. The first-order valence-electron chi connectivity index (χ1n) is 6.25. The molecule has 0 fully saturated rings. The summed E-state index contributed by atoms with van der Waals surface area (Å²) in [6.45, 7) is 0.621. The van der Waals surface area contributed by atoms with Gasteiger partial charge in [-0.1, -0.05) is 48.0 Å². The Labute approximate surface area is 123 Å². The normalized spacial score (nSPS) is 11.2. The molecular weight excluding hydrogens is 272 g/mol. The van der Waals surface area contributed by atoms with E-state index >= 15 is 0 Å². The van der Waals surface area contributed by atoms with Crippen LogP contribution in [0.2, 0.25) is 5.02 Å². The zero-order valence-electron chi connectivity index (χ0n) is 11.3. The van der Waals surface area contributed by atoms with Crippen LogP contribution in [0.3, 0.4) is 0 Å². The molecule has 0 aliphatic rings. The molecule has 104 valence electrons. The topological polar surface area (TPSA) is 53.6 Å². The summed E-state index contributed by atoms with van der Waals surface area (Å²) >= 11 is 6.16. The van der Waals surface area contributed by atoms with Crippen molar-refractivity contribution < 1.29 is 0 Å². The number of nitrogens with two attached hydrogens (primary N) is 1. The van der Waals surface area contributed by atoms with Gasteiger partial charge in [0.05, 0.1) is 5.69 Å². The third kappa shape index (κ3) is 3.73. The molecule has 0 atom stereocenters. The van der Waals surface area contributed by atoms with Gasteiger partial charge in [0.25, 0.3) is 0 Å². The molecule has 0 radical (unpaired) electrons. The van der Waals surface area contributed by atoms with Crippen molar-refractivity contribution in [1.82, 2.24) is 10.3 Å². The number of hydrogen-bond donors (Lipinski definition) is 2. The molecule has 0 aromatic heterocycles. The summed E-state index contributed by atoms with van der Waals surface area (Å²) in [5.41, 5.74) is 4.48. The summed E-state index contributed by atoms with van der Waals surface area (Å²) in [6, 6.07) is 17.4. The largest absolute Gasteiger partial charge is 0.340 e. The molecule has 0 amide bonds. The molecule has 2 aromatic rings. The molecule has 2 aromatic carbocycles. The van der Waals surface area contributed by atoms with Crippen molar-refractivity contribution >= 4 is 23.2 Å². The zero-order valence-corrected chi connectivity index (χ0v) is 12.0. The average molecular weight is 289 g/mol. The lowest BCUT2D eigenvalue weighted by Crippen LogP contribution is -2.42. The highest BCUT2D eigenvalue weighted by molar-refractivity contribution is 6.31. The first kappa shape index (κ1) is 14.4. The Kier molecular flexibility index (Phi) is 4.98. The number of guanidine groups is 1. The van der Waals surface area contributed by atoms with E-state index in [0.717, 1.165) is 16.3 Å². The van der Waals surface area contributed by atoms with Crippen LogP contribution in [-0.2, 0) is 6.54 Å². The Balaban J connectivity index is 2.16. The van der Waals surface area contributed by atoms with E-state index in [2.05, 4.69) is 10.4 Å². The number of para-hydroxylation sites is 1. The molecule has 0 heterocycles. The molecule has 20 heavy (non-hydrogen) atoms. The van der Waals surface area contributed by atoms with E-state index in [4.69, 9.17) is 17.4 Å². The van der Waals surface area contributed by atoms with Gasteiger partial charge < -0.3 is 4.90 Å². The summed E-state index contributed by atoms with van der Waals surface area (Å²) in [7, 11) is 1.91. The Morgan fingerprint density at radius 1 is 1.15 bits per heavy atom. The first-order valence-corrected chi connectivity index (χ1v) is 6.63. The van der Waals surface area contributed by atoms with E-state index in [1.807, 2.05) is 66.5 Å². The fraction of sp³-hybridized carbons (Fsp3) is 0.133. The molecule has 0 aliphatic heterocycles. The van der Waals surface area contributed by atoms with Gasteiger partial charge in [-0.05, 0) is 23.8 Å². The second kappa shape index (κ2) is 6.93. The van der Waals surface area contributed by atoms with E-state index < -0.39 is 0 Å². The molecular formula is C15H17ClN4. The summed E-state index contributed by atoms with van der Waals surface area (Å²) in [4.78, 5) is 6.38. The van der Waals surface area contributed by atoms with Crippen molar-refractivity contribution in [2.75, 3.05) is 7.05 Å². The Bertz CT molecular complexity index is 583. The van der Waals surface area contributed by atoms with Gasteiger partial charge in [-0.2, -0.15) is 0 Å². The lowest BCUT2D eigenvalue weighted by atomic mass is 10.2. The van der Waals surface area contributed by atoms with Gasteiger partial charge in [-0.3, -0.25) is 5.43 Å². The van der Waals surface area contributed by atoms with Gasteiger partial charge in [-0.25, -0.2) is 10.8 Å². The van der Waals surface area contributed by atoms with Crippen LogP contribution < -0.4 is 11.3 Å². The maximum atomic E-state index is 6.16. The second-order valence-electron chi connectivity index (χ2n) is 4.36. The van der Waals surface area contributed by atoms with Crippen molar-refractivity contribution in [3.05, 3.63) is 65.2 Å². The number of halogens is 1. The third-order valence-electron chi connectivity index (χ3n) is 2.85. The van der Waals surface area contributed by atoms with Gasteiger partial charge in [-0.15, -0.1) is 0 Å². The lowest BCUT2D eigenvalue weighted by Gasteiger charge is -2.21. The number of nitrogens with one attached hydrogen (secondary N) is 1. The van der Waals surface area contributed by atoms with Crippen LogP contribution in [-0.4, -0.2) is 17.9 Å². The minimum Gasteiger partial charge on any atom is -0.340 e. The predicted molar refractivity (Wildman–Crippen MR) is 83.8 cm³/mol. The molecule has 0 unspecified atom stereocenters. The summed E-state index contributed by atoms with van der Waals surface area (Å²) in [6.07, 6.45) is 0. The minimum absolute atomic E-state index is 0.580. The highest BCUT2D eigenvalue weighted by atomic mass is 35.5. The van der Waals surface area contributed by atoms with Crippen molar-refractivity contribution in [3.8, 4) is 0 Å². The van der Waals surface area contributed by atoms with E-state index in [1.165, 1.54) is 0 Å². The maximum absolute atomic E-state index is 6.16. The second-order valence-corrected chi connectivity index (χ2v) is 4.77. The number of hydrazine groups is 1. The molecule has 4 nitrogen and oxygen atoms in total. The molecule has 0 bridgehead atoms. The SMILES string of the molecule is CN(Cc1ccccc1Cl)C(=Nc1ccccc1)NN. The van der Waals surface area contributed by atoms with Gasteiger partial charge in [0.15, 0.2) is 0 Å². The van der Waals surface area contributed by atoms with E-state index in [-0.39, 0.29) is 0 Å². The summed E-state index contributed by atoms with van der Waals surface area (Å²) < 4.78 is 0. The predicted octanol–water partition coefficient (Wildman–Crippen LogP) is 2.92. The van der Waals surface area contributed by atoms with Crippen LogP contribution in [0.15, 0.2) is 59.6 Å². The molecule has 0 saturated carbocycles. The van der Waals surface area contributed by atoms with Crippen LogP contribution in [0.5, 0.6) is 0 Å². The number of benzene rings is 2. The molecule has 0 saturated heterocycles. The fourth-order valence-electron chi connectivity index (χ4n) is 1.81. The Morgan fingerprint density at radius 2 is 1.80 bits per heavy atom. The Hall–Kier alpha value is -2.04. The minimum atomic E-state index is 0.580. The summed E-state index contributed by atoms with van der Waals surface area (Å²) in [5.74, 6) is 6.14. The molecule has 5 heteroatoms. The standard InChI is InChI=1S/C15H17ClN4/c1-20(11-12-7-5-6-10-14(12)16)15(19-17)18-13-8-3-2-4-9-13/h2-10H,11,17H2,1H3,(H,18,19). The smallest absolute Gasteiger partial charge is 0.213 e. The van der Waals surface area contributed by atoms with Crippen molar-refractivity contribution in [1.29, 1.82) is 0 Å². The van der Waals surface area contributed by atoms with Gasteiger partial charge in [0.1, 0.15) is 0 Å². The fourth-order valence-corrected chi connectivity index (χ4v) is 2.01. The van der Waals surface area contributed by atoms with Crippen LogP contribution in [0.4, 0.5) is 5.69 Å². The van der Waals surface area contributed by atoms with Crippen LogP contribution in [0.25, 0.3) is 0 Å². The average Bonchev–Trinajstić information content (AvgIpc) is 2.48. The van der Waals surface area contributed by atoms with E-state index in [1.54, 1.807) is 0 Å². The summed E-state index contributed by atoms with van der Waals surface area (Å²) in [5, 5.41) is 0.732. The number of aliphatic imine (C=N–C) groups is 1. The highest BCUT2D eigenvalue weighted by Gasteiger charge is 2.08. The van der Waals surface area contributed by atoms with Crippen LogP contribution in [0, 0.1) is 0 Å². The maximum Gasteiger partial charge on any atom is 0.213 e. The van der Waals surface area contributed by atoms with Gasteiger partial charge >= 0.3 is 0 Å². The highest BCUT2D eigenvalue weighted by Crippen LogP contribution is 2.17. The number of nitrogens with zero attached hydrogens (tertiary/aromatic N) is 2. The quantitative estimate of drug-likeness (QED) is 0.395. The molecule has 0 spiro atoms. The number of rotatable bonds is 3. The van der Waals surface area contributed by atoms with Crippen LogP contribution >= 0.6 is 11.6 Å². The van der Waals surface area contributed by atoms with Gasteiger partial charge in [0.2, 0.25) is 5.96 Å². The van der Waals surface area contributed by atoms with Crippen molar-refractivity contribution in [2.24, 2.45) is 10.8 Å². The van der Waals surface area contributed by atoms with Crippen molar-refractivity contribution in [2.45, 2.75) is 6.54 Å². The first-order chi connectivity index (χ1) is 9.70. The van der Waals surface area contributed by atoms with E-state index in [9.17, 15) is 0 Å². The Morgan fingerprint density at radius 3 is 2.45 bits per heavy atom. The van der Waals surface area contributed by atoms with E-state index in [0.29, 0.717) is 12.5 Å². The molecule has 0 aliphatic carbocycles. The van der Waals surface area contributed by atoms with Crippen LogP contribution in [0.1, 0.15) is 5.56 Å². The van der Waals surface area contributed by atoms with Gasteiger partial charge in [0, 0.05) is 18.6 Å². The monoisotopic (exact) mass is 288 g/mol. The third-order valence-corrected chi connectivity index (χ3v) is 3.22. The molecule has 3 N–H and O–H groups in total. The lowest BCUT2D eigenvalue weighted by molar-refractivity contribution is 0.480.